The largest absolute Gasteiger partial charge is 0.468 e. The van der Waals surface area contributed by atoms with Crippen LogP contribution in [-0.2, 0) is 25.3 Å². The molecule has 1 N–H and O–H groups in total. The van der Waals surface area contributed by atoms with E-state index in [0.717, 1.165) is 0 Å². The minimum atomic E-state index is -3.95. The number of ether oxygens (including phenoxy) is 1. The van der Waals surface area contributed by atoms with E-state index in [9.17, 15) is 17.6 Å². The first kappa shape index (κ1) is 17.1. The number of sulfonamides is 1. The number of rotatable bonds is 6. The van der Waals surface area contributed by atoms with Crippen molar-refractivity contribution < 1.29 is 22.3 Å². The summed E-state index contributed by atoms with van der Waals surface area (Å²) in [6, 6.07) is 12.7. The number of methoxy groups -OCH3 is 1. The zero-order valence-electron chi connectivity index (χ0n) is 12.4. The maximum absolute atomic E-state index is 13.6. The fourth-order valence-electron chi connectivity index (χ4n) is 2.06. The van der Waals surface area contributed by atoms with E-state index in [4.69, 9.17) is 0 Å². The topological polar surface area (TPSA) is 72.5 Å². The molecule has 7 heteroatoms. The highest BCUT2D eigenvalue weighted by molar-refractivity contribution is 7.88. The molecule has 0 saturated carbocycles. The maximum atomic E-state index is 13.6. The third-order valence-corrected chi connectivity index (χ3v) is 4.46. The second-order valence-corrected chi connectivity index (χ2v) is 6.59. The highest BCUT2D eigenvalue weighted by Crippen LogP contribution is 2.17. The molecule has 2 rings (SSSR count). The van der Waals surface area contributed by atoms with Gasteiger partial charge in [0.1, 0.15) is 11.9 Å². The Morgan fingerprint density at radius 2 is 1.74 bits per heavy atom. The number of esters is 1. The Kier molecular flexibility index (Phi) is 5.46. The van der Waals surface area contributed by atoms with Gasteiger partial charge in [0.15, 0.2) is 0 Å². The summed E-state index contributed by atoms with van der Waals surface area (Å²) in [5.41, 5.74) is 0.466. The van der Waals surface area contributed by atoms with Crippen LogP contribution in [0.1, 0.15) is 17.2 Å². The van der Waals surface area contributed by atoms with Crippen molar-refractivity contribution in [3.8, 4) is 0 Å². The Bertz CT molecular complexity index is 778. The van der Waals surface area contributed by atoms with Gasteiger partial charge in [0.25, 0.3) is 0 Å². The van der Waals surface area contributed by atoms with Crippen LogP contribution in [0.4, 0.5) is 4.39 Å². The third-order valence-electron chi connectivity index (χ3n) is 3.17. The molecule has 0 heterocycles. The van der Waals surface area contributed by atoms with E-state index in [1.54, 1.807) is 36.4 Å². The predicted octanol–water partition coefficient (Wildman–Crippen LogP) is 2.16. The van der Waals surface area contributed by atoms with Crippen LogP contribution < -0.4 is 4.72 Å². The Hall–Kier alpha value is -2.25. The Morgan fingerprint density at radius 1 is 1.13 bits per heavy atom. The number of halogens is 1. The molecule has 2 aromatic carbocycles. The molecule has 0 radical (unpaired) electrons. The molecule has 0 spiro atoms. The number of benzene rings is 2. The van der Waals surface area contributed by atoms with Gasteiger partial charge < -0.3 is 4.74 Å². The van der Waals surface area contributed by atoms with E-state index in [2.05, 4.69) is 9.46 Å². The SMILES string of the molecule is COC(=O)C(NS(=O)(=O)Cc1ccccc1F)c1ccccc1. The van der Waals surface area contributed by atoms with Crippen LogP contribution in [0.25, 0.3) is 0 Å². The molecule has 0 aliphatic heterocycles. The summed E-state index contributed by atoms with van der Waals surface area (Å²) in [7, 11) is -2.78. The van der Waals surface area contributed by atoms with Gasteiger partial charge in [-0.05, 0) is 11.6 Å². The molecule has 1 unspecified atom stereocenters. The summed E-state index contributed by atoms with van der Waals surface area (Å²) in [5, 5.41) is 0. The van der Waals surface area contributed by atoms with Gasteiger partial charge >= 0.3 is 5.97 Å². The first-order valence-corrected chi connectivity index (χ1v) is 8.44. The smallest absolute Gasteiger partial charge is 0.328 e. The molecule has 23 heavy (non-hydrogen) atoms. The molecule has 0 saturated heterocycles. The molecule has 0 fully saturated rings. The molecule has 1 atom stereocenters. The highest BCUT2D eigenvalue weighted by atomic mass is 32.2. The van der Waals surface area contributed by atoms with Gasteiger partial charge in [-0.15, -0.1) is 0 Å². The first-order chi connectivity index (χ1) is 10.9. The summed E-state index contributed by atoms with van der Waals surface area (Å²) >= 11 is 0. The third kappa shape index (κ3) is 4.61. The summed E-state index contributed by atoms with van der Waals surface area (Å²) in [5.74, 6) is -1.93. The first-order valence-electron chi connectivity index (χ1n) is 6.79. The van der Waals surface area contributed by atoms with Crippen LogP contribution in [-0.4, -0.2) is 21.5 Å². The van der Waals surface area contributed by atoms with Crippen molar-refractivity contribution in [1.82, 2.24) is 4.72 Å². The van der Waals surface area contributed by atoms with Crippen molar-refractivity contribution in [3.63, 3.8) is 0 Å². The van der Waals surface area contributed by atoms with Gasteiger partial charge in [0.05, 0.1) is 12.9 Å². The Labute approximate surface area is 134 Å². The lowest BCUT2D eigenvalue weighted by molar-refractivity contribution is -0.142. The average molecular weight is 337 g/mol. The summed E-state index contributed by atoms with van der Waals surface area (Å²) in [6.45, 7) is 0. The van der Waals surface area contributed by atoms with E-state index in [1.807, 2.05) is 0 Å². The van der Waals surface area contributed by atoms with Gasteiger partial charge in [-0.25, -0.2) is 17.6 Å². The molecule has 5 nitrogen and oxygen atoms in total. The molecule has 0 amide bonds. The second-order valence-electron chi connectivity index (χ2n) is 4.84. The van der Waals surface area contributed by atoms with Crippen molar-refractivity contribution in [2.24, 2.45) is 0 Å². The molecule has 0 aliphatic carbocycles. The number of nitrogens with one attached hydrogen (secondary N) is 1. The number of hydrogen-bond donors (Lipinski definition) is 1. The number of carbonyl (C=O) groups excluding carboxylic acids is 1. The van der Waals surface area contributed by atoms with Gasteiger partial charge in [-0.1, -0.05) is 48.5 Å². The summed E-state index contributed by atoms with van der Waals surface area (Å²) in [4.78, 5) is 11.9. The highest BCUT2D eigenvalue weighted by Gasteiger charge is 2.27. The second kappa shape index (κ2) is 7.34. The zero-order valence-corrected chi connectivity index (χ0v) is 13.2. The van der Waals surface area contributed by atoms with E-state index in [0.29, 0.717) is 5.56 Å². The lowest BCUT2D eigenvalue weighted by Gasteiger charge is -2.17. The number of hydrogen-bond acceptors (Lipinski definition) is 4. The Balaban J connectivity index is 2.25. The minimum absolute atomic E-state index is 0.0247. The molecular weight excluding hydrogens is 321 g/mol. The van der Waals surface area contributed by atoms with Crippen LogP contribution in [0.15, 0.2) is 54.6 Å². The van der Waals surface area contributed by atoms with Crippen molar-refractivity contribution in [2.45, 2.75) is 11.8 Å². The lowest BCUT2D eigenvalue weighted by atomic mass is 10.1. The van der Waals surface area contributed by atoms with Gasteiger partial charge in [-0.2, -0.15) is 4.72 Å². The monoisotopic (exact) mass is 337 g/mol. The summed E-state index contributed by atoms with van der Waals surface area (Å²) in [6.07, 6.45) is 0. The molecule has 0 aromatic heterocycles. The van der Waals surface area contributed by atoms with Crippen LogP contribution in [0, 0.1) is 5.82 Å². The molecule has 2 aromatic rings. The van der Waals surface area contributed by atoms with Crippen molar-refractivity contribution in [2.75, 3.05) is 7.11 Å². The molecule has 0 bridgehead atoms. The van der Waals surface area contributed by atoms with Crippen LogP contribution in [0.5, 0.6) is 0 Å². The molecular formula is C16H16FNO4S. The quantitative estimate of drug-likeness (QED) is 0.820. The molecule has 0 aliphatic rings. The minimum Gasteiger partial charge on any atom is -0.468 e. The van der Waals surface area contributed by atoms with E-state index < -0.39 is 33.6 Å². The Morgan fingerprint density at radius 3 is 2.35 bits per heavy atom. The van der Waals surface area contributed by atoms with Gasteiger partial charge in [0.2, 0.25) is 10.0 Å². The van der Waals surface area contributed by atoms with Crippen molar-refractivity contribution in [3.05, 3.63) is 71.5 Å². The number of carbonyl (C=O) groups is 1. The van der Waals surface area contributed by atoms with Crippen LogP contribution >= 0.6 is 0 Å². The van der Waals surface area contributed by atoms with Crippen LogP contribution in [0.3, 0.4) is 0 Å². The zero-order chi connectivity index (χ0) is 16.9. The van der Waals surface area contributed by atoms with E-state index in [1.165, 1.54) is 25.3 Å². The fraction of sp³-hybridized carbons (Fsp3) is 0.188. The molecule has 122 valence electrons. The van der Waals surface area contributed by atoms with E-state index >= 15 is 0 Å². The van der Waals surface area contributed by atoms with Crippen LogP contribution in [0.2, 0.25) is 0 Å². The van der Waals surface area contributed by atoms with Crippen molar-refractivity contribution >= 4 is 16.0 Å². The van der Waals surface area contributed by atoms with Gasteiger partial charge in [-0.3, -0.25) is 0 Å². The predicted molar refractivity (Wildman–Crippen MR) is 83.4 cm³/mol. The van der Waals surface area contributed by atoms with Gasteiger partial charge in [0, 0.05) is 5.56 Å². The average Bonchev–Trinajstić information content (AvgIpc) is 2.55. The standard InChI is InChI=1S/C16H16FNO4S/c1-22-16(19)15(12-7-3-2-4-8-12)18-23(20,21)11-13-9-5-6-10-14(13)17/h2-10,15,18H,11H2,1H3. The normalized spacial score (nSPS) is 12.6. The van der Waals surface area contributed by atoms with Crippen molar-refractivity contribution in [1.29, 1.82) is 0 Å². The summed E-state index contributed by atoms with van der Waals surface area (Å²) < 4.78 is 45.1. The fourth-order valence-corrected chi connectivity index (χ4v) is 3.38. The lowest BCUT2D eigenvalue weighted by Crippen LogP contribution is -2.35. The van der Waals surface area contributed by atoms with E-state index in [-0.39, 0.29) is 5.56 Å². The maximum Gasteiger partial charge on any atom is 0.328 e.